The van der Waals surface area contributed by atoms with Crippen LogP contribution in [0.3, 0.4) is 0 Å². The van der Waals surface area contributed by atoms with Crippen LogP contribution < -0.4 is 4.72 Å². The molecule has 132 valence electrons. The summed E-state index contributed by atoms with van der Waals surface area (Å²) in [5, 5.41) is 4.33. The highest BCUT2D eigenvalue weighted by Gasteiger charge is 2.27. The van der Waals surface area contributed by atoms with E-state index in [4.69, 9.17) is 0 Å². The number of sulfonamides is 1. The van der Waals surface area contributed by atoms with Gasteiger partial charge in [0.1, 0.15) is 0 Å². The second-order valence-corrected chi connectivity index (χ2v) is 8.53. The lowest BCUT2D eigenvalue weighted by atomic mass is 9.79. The van der Waals surface area contributed by atoms with Crippen LogP contribution in [-0.2, 0) is 22.0 Å². The maximum Gasteiger partial charge on any atom is 0.257 e. The van der Waals surface area contributed by atoms with Crippen molar-refractivity contribution in [2.75, 3.05) is 0 Å². The van der Waals surface area contributed by atoms with Crippen molar-refractivity contribution in [1.82, 2.24) is 14.5 Å². The van der Waals surface area contributed by atoms with Crippen LogP contribution in [0.5, 0.6) is 0 Å². The summed E-state index contributed by atoms with van der Waals surface area (Å²) in [6.45, 7) is 8.76. The summed E-state index contributed by atoms with van der Waals surface area (Å²) in [5.41, 5.74) is 1.08. The molecule has 1 aromatic carbocycles. The minimum Gasteiger partial charge on any atom is -0.253 e. The summed E-state index contributed by atoms with van der Waals surface area (Å²) < 4.78 is 29.6. The molecule has 1 atom stereocenters. The van der Waals surface area contributed by atoms with Crippen LogP contribution >= 0.6 is 0 Å². The number of aromatic nitrogens is 2. The van der Waals surface area contributed by atoms with Gasteiger partial charge in [0.15, 0.2) is 5.03 Å². The fourth-order valence-corrected chi connectivity index (χ4v) is 4.46. The SMILES string of the molecule is CCCn1nccc1S(=O)(=O)NC(C)CC(C)(C)c1ccccc1. The molecule has 2 rings (SSSR count). The zero-order chi connectivity index (χ0) is 17.8. The van der Waals surface area contributed by atoms with Crippen molar-refractivity contribution < 1.29 is 8.42 Å². The van der Waals surface area contributed by atoms with E-state index in [-0.39, 0.29) is 16.5 Å². The largest absolute Gasteiger partial charge is 0.257 e. The molecular formula is C18H27N3O2S. The third kappa shape index (κ3) is 4.45. The van der Waals surface area contributed by atoms with Crippen LogP contribution in [0, 0.1) is 0 Å². The predicted octanol–water partition coefficient (Wildman–Crippen LogP) is 3.33. The molecule has 1 N–H and O–H groups in total. The number of nitrogens with one attached hydrogen (secondary N) is 1. The highest BCUT2D eigenvalue weighted by molar-refractivity contribution is 7.89. The summed E-state index contributed by atoms with van der Waals surface area (Å²) in [5.74, 6) is 0. The van der Waals surface area contributed by atoms with Crippen molar-refractivity contribution in [3.05, 3.63) is 48.2 Å². The van der Waals surface area contributed by atoms with Crippen LogP contribution in [-0.4, -0.2) is 24.2 Å². The van der Waals surface area contributed by atoms with Crippen molar-refractivity contribution in [1.29, 1.82) is 0 Å². The van der Waals surface area contributed by atoms with Crippen LogP contribution in [0.2, 0.25) is 0 Å². The Hall–Kier alpha value is -1.66. The van der Waals surface area contributed by atoms with E-state index in [9.17, 15) is 8.42 Å². The predicted molar refractivity (Wildman–Crippen MR) is 96.4 cm³/mol. The summed E-state index contributed by atoms with van der Waals surface area (Å²) in [6.07, 6.45) is 3.07. The van der Waals surface area contributed by atoms with E-state index in [1.54, 1.807) is 6.07 Å². The molecule has 0 aliphatic carbocycles. The third-order valence-electron chi connectivity index (χ3n) is 4.12. The van der Waals surface area contributed by atoms with E-state index in [0.29, 0.717) is 13.0 Å². The van der Waals surface area contributed by atoms with Gasteiger partial charge in [0.2, 0.25) is 0 Å². The smallest absolute Gasteiger partial charge is 0.253 e. The number of rotatable bonds is 8. The van der Waals surface area contributed by atoms with Gasteiger partial charge in [0.25, 0.3) is 10.0 Å². The Morgan fingerprint density at radius 1 is 1.21 bits per heavy atom. The van der Waals surface area contributed by atoms with Crippen molar-refractivity contribution in [2.24, 2.45) is 0 Å². The maximum absolute atomic E-state index is 12.6. The Bertz CT molecular complexity index is 752. The van der Waals surface area contributed by atoms with E-state index in [0.717, 1.165) is 6.42 Å². The Kier molecular flexibility index (Phi) is 5.83. The van der Waals surface area contributed by atoms with Crippen molar-refractivity contribution >= 4 is 10.0 Å². The van der Waals surface area contributed by atoms with E-state index >= 15 is 0 Å². The summed E-state index contributed by atoms with van der Waals surface area (Å²) in [4.78, 5) is 0. The first kappa shape index (κ1) is 18.7. The molecule has 0 amide bonds. The standard InChI is InChI=1S/C18H27N3O2S/c1-5-13-21-17(11-12-19-21)24(22,23)20-15(2)14-18(3,4)16-9-7-6-8-10-16/h6-12,15,20H,5,13-14H2,1-4H3. The molecule has 0 bridgehead atoms. The summed E-state index contributed by atoms with van der Waals surface area (Å²) >= 11 is 0. The van der Waals surface area contributed by atoms with Gasteiger partial charge in [0, 0.05) is 12.6 Å². The Morgan fingerprint density at radius 3 is 2.50 bits per heavy atom. The molecule has 1 heterocycles. The van der Waals surface area contributed by atoms with Gasteiger partial charge >= 0.3 is 0 Å². The average Bonchev–Trinajstić information content (AvgIpc) is 2.96. The minimum absolute atomic E-state index is 0.118. The van der Waals surface area contributed by atoms with Crippen molar-refractivity contribution in [2.45, 2.75) is 63.6 Å². The number of hydrogen-bond acceptors (Lipinski definition) is 3. The summed E-state index contributed by atoms with van der Waals surface area (Å²) in [7, 11) is -3.57. The zero-order valence-corrected chi connectivity index (χ0v) is 15.7. The fourth-order valence-electron chi connectivity index (χ4n) is 3.07. The first-order valence-corrected chi connectivity index (χ1v) is 9.84. The van der Waals surface area contributed by atoms with Gasteiger partial charge in [-0.25, -0.2) is 13.1 Å². The van der Waals surface area contributed by atoms with Crippen LogP contribution in [0.15, 0.2) is 47.6 Å². The summed E-state index contributed by atoms with van der Waals surface area (Å²) in [6, 6.07) is 11.5. The van der Waals surface area contributed by atoms with E-state index < -0.39 is 10.0 Å². The van der Waals surface area contributed by atoms with Gasteiger partial charge in [-0.1, -0.05) is 51.1 Å². The second-order valence-electron chi connectivity index (χ2n) is 6.87. The molecule has 0 fully saturated rings. The molecule has 0 saturated carbocycles. The highest BCUT2D eigenvalue weighted by atomic mass is 32.2. The molecule has 24 heavy (non-hydrogen) atoms. The molecule has 0 spiro atoms. The Balaban J connectivity index is 2.11. The minimum atomic E-state index is -3.57. The molecule has 1 unspecified atom stereocenters. The molecule has 2 aromatic rings. The fraction of sp³-hybridized carbons (Fsp3) is 0.500. The highest BCUT2D eigenvalue weighted by Crippen LogP contribution is 2.28. The van der Waals surface area contributed by atoms with Gasteiger partial charge in [-0.3, -0.25) is 4.68 Å². The Morgan fingerprint density at radius 2 is 1.88 bits per heavy atom. The van der Waals surface area contributed by atoms with Gasteiger partial charge < -0.3 is 0 Å². The molecule has 1 aromatic heterocycles. The van der Waals surface area contributed by atoms with Gasteiger partial charge in [-0.15, -0.1) is 0 Å². The normalized spacial score (nSPS) is 13.8. The topological polar surface area (TPSA) is 64.0 Å². The van der Waals surface area contributed by atoms with Crippen LogP contribution in [0.1, 0.15) is 46.1 Å². The van der Waals surface area contributed by atoms with Crippen molar-refractivity contribution in [3.63, 3.8) is 0 Å². The van der Waals surface area contributed by atoms with Gasteiger partial charge in [0.05, 0.1) is 6.20 Å². The molecule has 0 radical (unpaired) electrons. The van der Waals surface area contributed by atoms with Crippen LogP contribution in [0.25, 0.3) is 0 Å². The monoisotopic (exact) mass is 349 g/mol. The quantitative estimate of drug-likeness (QED) is 0.795. The molecule has 0 aliphatic heterocycles. The van der Waals surface area contributed by atoms with E-state index in [2.05, 4.69) is 35.8 Å². The lowest BCUT2D eigenvalue weighted by Gasteiger charge is -2.29. The van der Waals surface area contributed by atoms with Gasteiger partial charge in [-0.05, 0) is 36.8 Å². The molecular weight excluding hydrogens is 322 g/mol. The maximum atomic E-state index is 12.6. The lowest BCUT2D eigenvalue weighted by molar-refractivity contribution is 0.416. The molecule has 0 aliphatic rings. The number of hydrogen-bond donors (Lipinski definition) is 1. The van der Waals surface area contributed by atoms with Crippen LogP contribution in [0.4, 0.5) is 0 Å². The molecule has 5 nitrogen and oxygen atoms in total. The van der Waals surface area contributed by atoms with Gasteiger partial charge in [-0.2, -0.15) is 5.10 Å². The van der Waals surface area contributed by atoms with Crippen molar-refractivity contribution in [3.8, 4) is 0 Å². The van der Waals surface area contributed by atoms with E-state index in [1.165, 1.54) is 16.4 Å². The first-order chi connectivity index (χ1) is 11.3. The number of nitrogens with zero attached hydrogens (tertiary/aromatic N) is 2. The first-order valence-electron chi connectivity index (χ1n) is 8.36. The Labute approximate surface area is 145 Å². The number of benzene rings is 1. The number of aryl methyl sites for hydroxylation is 1. The third-order valence-corrected chi connectivity index (χ3v) is 5.73. The van der Waals surface area contributed by atoms with E-state index in [1.807, 2.05) is 32.0 Å². The average molecular weight is 350 g/mol. The second kappa shape index (κ2) is 7.49. The lowest BCUT2D eigenvalue weighted by Crippen LogP contribution is -2.38. The zero-order valence-electron chi connectivity index (χ0n) is 14.9. The molecule has 6 heteroatoms. The molecule has 0 saturated heterocycles.